The Morgan fingerprint density at radius 2 is 2.42 bits per heavy atom. The molecule has 1 aromatic carbocycles. The zero-order chi connectivity index (χ0) is 13.8. The number of amides is 1. The van der Waals surface area contributed by atoms with Crippen molar-refractivity contribution in [1.29, 1.82) is 5.26 Å². The molecule has 0 radical (unpaired) electrons. The van der Waals surface area contributed by atoms with E-state index < -0.39 is 0 Å². The van der Waals surface area contributed by atoms with Gasteiger partial charge in [0.05, 0.1) is 11.3 Å². The number of rotatable bonds is 3. The minimum Gasteiger partial charge on any atom is -0.311 e. The fourth-order valence-corrected chi connectivity index (χ4v) is 2.46. The van der Waals surface area contributed by atoms with Gasteiger partial charge in [-0.2, -0.15) is 5.26 Å². The van der Waals surface area contributed by atoms with Crippen LogP contribution in [0.4, 0.5) is 5.69 Å². The molecule has 0 bridgehead atoms. The highest BCUT2D eigenvalue weighted by atomic mass is 79.9. The standard InChI is InChI=1S/C12H10BrN5O/c13-10-2-1-9(5-14)11(4-10)18-7-8(3-12(18)19)6-16-17-15/h1-2,4,8H,3,6-7H2. The molecule has 2 rings (SSSR count). The van der Waals surface area contributed by atoms with E-state index in [2.05, 4.69) is 32.0 Å². The number of nitrogens with zero attached hydrogens (tertiary/aromatic N) is 5. The Bertz CT molecular complexity index is 603. The maximum absolute atomic E-state index is 12.0. The van der Waals surface area contributed by atoms with Gasteiger partial charge in [0.15, 0.2) is 0 Å². The summed E-state index contributed by atoms with van der Waals surface area (Å²) in [7, 11) is 0. The van der Waals surface area contributed by atoms with Crippen LogP contribution in [0.25, 0.3) is 10.4 Å². The van der Waals surface area contributed by atoms with E-state index in [4.69, 9.17) is 10.8 Å². The second-order valence-corrected chi connectivity index (χ2v) is 5.18. The second kappa shape index (κ2) is 5.74. The van der Waals surface area contributed by atoms with Gasteiger partial charge in [-0.3, -0.25) is 4.79 Å². The Morgan fingerprint density at radius 1 is 1.63 bits per heavy atom. The van der Waals surface area contributed by atoms with Gasteiger partial charge in [0.25, 0.3) is 0 Å². The minimum absolute atomic E-state index is 0.00826. The van der Waals surface area contributed by atoms with E-state index in [0.29, 0.717) is 30.8 Å². The van der Waals surface area contributed by atoms with Crippen LogP contribution in [0.3, 0.4) is 0 Å². The number of benzene rings is 1. The molecule has 96 valence electrons. The van der Waals surface area contributed by atoms with Gasteiger partial charge in [0.1, 0.15) is 6.07 Å². The summed E-state index contributed by atoms with van der Waals surface area (Å²) in [4.78, 5) is 16.3. The van der Waals surface area contributed by atoms with Gasteiger partial charge in [-0.15, -0.1) is 0 Å². The van der Waals surface area contributed by atoms with Gasteiger partial charge in [-0.05, 0) is 29.6 Å². The molecular formula is C12H10BrN5O. The summed E-state index contributed by atoms with van der Waals surface area (Å²) < 4.78 is 0.813. The zero-order valence-corrected chi connectivity index (χ0v) is 11.5. The molecule has 19 heavy (non-hydrogen) atoms. The second-order valence-electron chi connectivity index (χ2n) is 4.26. The summed E-state index contributed by atoms with van der Waals surface area (Å²) in [6.07, 6.45) is 0.344. The van der Waals surface area contributed by atoms with Gasteiger partial charge in [0, 0.05) is 28.9 Å². The number of hydrogen-bond acceptors (Lipinski definition) is 3. The van der Waals surface area contributed by atoms with Crippen molar-refractivity contribution in [2.75, 3.05) is 18.0 Å². The molecule has 1 unspecified atom stereocenters. The minimum atomic E-state index is -0.0484. The van der Waals surface area contributed by atoms with Crippen LogP contribution in [0.1, 0.15) is 12.0 Å². The number of anilines is 1. The van der Waals surface area contributed by atoms with Crippen LogP contribution in [0.15, 0.2) is 27.8 Å². The summed E-state index contributed by atoms with van der Waals surface area (Å²) in [5.41, 5.74) is 9.37. The van der Waals surface area contributed by atoms with Crippen molar-refractivity contribution in [1.82, 2.24) is 0 Å². The van der Waals surface area contributed by atoms with Gasteiger partial charge in [-0.1, -0.05) is 21.0 Å². The van der Waals surface area contributed by atoms with E-state index in [1.165, 1.54) is 0 Å². The molecule has 6 nitrogen and oxygen atoms in total. The average molecular weight is 320 g/mol. The lowest BCUT2D eigenvalue weighted by Gasteiger charge is -2.18. The van der Waals surface area contributed by atoms with Crippen molar-refractivity contribution in [3.05, 3.63) is 38.7 Å². The maximum Gasteiger partial charge on any atom is 0.227 e. The van der Waals surface area contributed by atoms with E-state index in [0.717, 1.165) is 4.47 Å². The molecule has 0 spiro atoms. The van der Waals surface area contributed by atoms with E-state index in [9.17, 15) is 4.79 Å². The van der Waals surface area contributed by atoms with Crippen molar-refractivity contribution in [3.63, 3.8) is 0 Å². The molecule has 1 fully saturated rings. The lowest BCUT2D eigenvalue weighted by atomic mass is 10.1. The van der Waals surface area contributed by atoms with Crippen molar-refractivity contribution in [3.8, 4) is 6.07 Å². The first-order chi connectivity index (χ1) is 9.15. The molecule has 0 N–H and O–H groups in total. The SMILES string of the molecule is N#Cc1ccc(Br)cc1N1CC(CN=[N+]=[N-])CC1=O. The van der Waals surface area contributed by atoms with Crippen LogP contribution in [-0.4, -0.2) is 19.0 Å². The highest BCUT2D eigenvalue weighted by Gasteiger charge is 2.31. The molecule has 1 amide bonds. The Balaban J connectivity index is 2.28. The lowest BCUT2D eigenvalue weighted by molar-refractivity contribution is -0.117. The first-order valence-corrected chi connectivity index (χ1v) is 6.46. The summed E-state index contributed by atoms with van der Waals surface area (Å²) in [5, 5.41) is 12.6. The Labute approximate surface area is 118 Å². The number of azide groups is 1. The van der Waals surface area contributed by atoms with Gasteiger partial charge < -0.3 is 4.90 Å². The molecule has 0 aromatic heterocycles. The smallest absolute Gasteiger partial charge is 0.227 e. The molecule has 7 heteroatoms. The molecule has 1 aromatic rings. The largest absolute Gasteiger partial charge is 0.311 e. The number of nitriles is 1. The molecule has 1 atom stereocenters. The number of hydrogen-bond donors (Lipinski definition) is 0. The van der Waals surface area contributed by atoms with Crippen LogP contribution in [0.2, 0.25) is 0 Å². The van der Waals surface area contributed by atoms with E-state index in [1.807, 2.05) is 0 Å². The van der Waals surface area contributed by atoms with Crippen LogP contribution in [0.5, 0.6) is 0 Å². The predicted molar refractivity (Wildman–Crippen MR) is 73.3 cm³/mol. The van der Waals surface area contributed by atoms with Crippen LogP contribution in [-0.2, 0) is 4.79 Å². The normalized spacial score (nSPS) is 18.0. The fourth-order valence-electron chi connectivity index (χ4n) is 2.11. The number of halogens is 1. The van der Waals surface area contributed by atoms with E-state index >= 15 is 0 Å². The van der Waals surface area contributed by atoms with E-state index in [1.54, 1.807) is 23.1 Å². The highest BCUT2D eigenvalue weighted by molar-refractivity contribution is 9.10. The molecule has 0 saturated carbocycles. The van der Waals surface area contributed by atoms with Crippen LogP contribution < -0.4 is 4.90 Å². The lowest BCUT2D eigenvalue weighted by Crippen LogP contribution is -2.25. The first kappa shape index (κ1) is 13.4. The Kier molecular flexibility index (Phi) is 4.05. The van der Waals surface area contributed by atoms with Gasteiger partial charge in [0.2, 0.25) is 5.91 Å². The summed E-state index contributed by atoms with van der Waals surface area (Å²) in [6.45, 7) is 0.775. The molecule has 1 saturated heterocycles. The third-order valence-electron chi connectivity index (χ3n) is 2.98. The van der Waals surface area contributed by atoms with Crippen LogP contribution >= 0.6 is 15.9 Å². The van der Waals surface area contributed by atoms with Gasteiger partial charge >= 0.3 is 0 Å². The van der Waals surface area contributed by atoms with E-state index in [-0.39, 0.29) is 11.8 Å². The van der Waals surface area contributed by atoms with Gasteiger partial charge in [-0.25, -0.2) is 0 Å². The third kappa shape index (κ3) is 2.87. The van der Waals surface area contributed by atoms with Crippen LogP contribution in [0, 0.1) is 17.2 Å². The molecule has 0 aliphatic carbocycles. The first-order valence-electron chi connectivity index (χ1n) is 5.66. The summed E-state index contributed by atoms with van der Waals surface area (Å²) in [6, 6.07) is 7.28. The highest BCUT2D eigenvalue weighted by Crippen LogP contribution is 2.30. The zero-order valence-electron chi connectivity index (χ0n) is 9.95. The molecule has 1 heterocycles. The molecule has 1 aliphatic rings. The number of carbonyl (C=O) groups excluding carboxylic acids is 1. The summed E-state index contributed by atoms with van der Waals surface area (Å²) in [5.74, 6) is -0.0401. The van der Waals surface area contributed by atoms with Crippen molar-refractivity contribution in [2.24, 2.45) is 11.0 Å². The Hall–Kier alpha value is -2.03. The quantitative estimate of drug-likeness (QED) is 0.486. The number of carbonyl (C=O) groups is 1. The van der Waals surface area contributed by atoms with Crippen molar-refractivity contribution >= 4 is 27.5 Å². The van der Waals surface area contributed by atoms with Crippen molar-refractivity contribution < 1.29 is 4.79 Å². The molecule has 1 aliphatic heterocycles. The monoisotopic (exact) mass is 319 g/mol. The third-order valence-corrected chi connectivity index (χ3v) is 3.47. The molecular weight excluding hydrogens is 310 g/mol. The topological polar surface area (TPSA) is 92.9 Å². The van der Waals surface area contributed by atoms with Crippen molar-refractivity contribution in [2.45, 2.75) is 6.42 Å². The summed E-state index contributed by atoms with van der Waals surface area (Å²) >= 11 is 3.34. The fraction of sp³-hybridized carbons (Fsp3) is 0.333. The maximum atomic E-state index is 12.0. The Morgan fingerprint density at radius 3 is 3.11 bits per heavy atom. The predicted octanol–water partition coefficient (Wildman–Crippen LogP) is 2.98. The average Bonchev–Trinajstić information content (AvgIpc) is 2.77.